The molecule has 0 heterocycles. The Morgan fingerprint density at radius 3 is 2.21 bits per heavy atom. The smallest absolute Gasteiger partial charge is 0.245 e. The molecule has 0 aromatic heterocycles. The number of amides is 1. The Hall–Kier alpha value is -1.18. The summed E-state index contributed by atoms with van der Waals surface area (Å²) in [7, 11) is -4.07. The van der Waals surface area contributed by atoms with Gasteiger partial charge in [-0.2, -0.15) is 4.31 Å². The molecule has 8 heteroatoms. The first-order valence-corrected chi connectivity index (χ1v) is 12.1. The van der Waals surface area contributed by atoms with Gasteiger partial charge >= 0.3 is 0 Å². The van der Waals surface area contributed by atoms with Crippen LogP contribution in [0.4, 0.5) is 4.39 Å². The Labute approximate surface area is 176 Å². The van der Waals surface area contributed by atoms with Gasteiger partial charge in [-0.1, -0.05) is 11.6 Å². The number of halogens is 2. The van der Waals surface area contributed by atoms with E-state index in [1.807, 2.05) is 0 Å². The molecule has 4 bridgehead atoms. The van der Waals surface area contributed by atoms with Crippen LogP contribution in [0.2, 0.25) is 5.02 Å². The minimum absolute atomic E-state index is 0.0894. The second-order valence-electron chi connectivity index (χ2n) is 9.75. The highest BCUT2D eigenvalue weighted by molar-refractivity contribution is 7.89. The number of primary amides is 1. The first-order valence-electron chi connectivity index (χ1n) is 10.3. The number of carbonyl (C=O) groups is 1. The predicted octanol–water partition coefficient (Wildman–Crippen LogP) is 3.95. The molecule has 0 aliphatic heterocycles. The van der Waals surface area contributed by atoms with E-state index in [2.05, 4.69) is 0 Å². The van der Waals surface area contributed by atoms with Crippen LogP contribution in [-0.2, 0) is 14.8 Å². The Morgan fingerprint density at radius 1 is 1.17 bits per heavy atom. The minimum Gasteiger partial charge on any atom is -0.370 e. The van der Waals surface area contributed by atoms with Crippen LogP contribution in [0.1, 0.15) is 52.4 Å². The fourth-order valence-electron chi connectivity index (χ4n) is 6.46. The van der Waals surface area contributed by atoms with E-state index in [9.17, 15) is 17.6 Å². The average Bonchev–Trinajstić information content (AvgIpc) is 2.55. The molecule has 0 atom stereocenters. The zero-order valence-corrected chi connectivity index (χ0v) is 18.3. The first kappa shape index (κ1) is 21.1. The monoisotopic (exact) mass is 442 g/mol. The maximum absolute atomic E-state index is 13.9. The van der Waals surface area contributed by atoms with E-state index in [1.54, 1.807) is 13.8 Å². The summed E-state index contributed by atoms with van der Waals surface area (Å²) in [4.78, 5) is 11.7. The molecule has 0 spiro atoms. The van der Waals surface area contributed by atoms with Crippen LogP contribution < -0.4 is 5.73 Å². The molecular formula is C21H28ClFN2O3S. The van der Waals surface area contributed by atoms with Crippen molar-refractivity contribution in [1.29, 1.82) is 0 Å². The Morgan fingerprint density at radius 2 is 1.72 bits per heavy atom. The van der Waals surface area contributed by atoms with Crippen LogP contribution in [0.3, 0.4) is 0 Å². The first-order chi connectivity index (χ1) is 13.5. The third-order valence-electron chi connectivity index (χ3n) is 7.08. The fraction of sp³-hybridized carbons (Fsp3) is 0.667. The molecule has 5 nitrogen and oxygen atoms in total. The molecule has 1 aromatic rings. The zero-order valence-electron chi connectivity index (χ0n) is 16.8. The van der Waals surface area contributed by atoms with Crippen molar-refractivity contribution in [1.82, 2.24) is 4.31 Å². The molecule has 0 saturated heterocycles. The SMILES string of the molecule is CC(C)(CC(N)=O)N(C1C2CC3CC(C2)CC1C3)S(=O)(=O)c1ccc(F)cc1Cl. The van der Waals surface area contributed by atoms with Gasteiger partial charge in [-0.05, 0) is 87.8 Å². The quantitative estimate of drug-likeness (QED) is 0.724. The van der Waals surface area contributed by atoms with E-state index in [0.717, 1.165) is 37.8 Å². The highest BCUT2D eigenvalue weighted by atomic mass is 35.5. The van der Waals surface area contributed by atoms with E-state index in [4.69, 9.17) is 17.3 Å². The van der Waals surface area contributed by atoms with Crippen LogP contribution in [0.5, 0.6) is 0 Å². The van der Waals surface area contributed by atoms with Crippen LogP contribution in [0.25, 0.3) is 0 Å². The minimum atomic E-state index is -4.07. The van der Waals surface area contributed by atoms with Gasteiger partial charge in [0.05, 0.1) is 5.02 Å². The predicted molar refractivity (Wildman–Crippen MR) is 109 cm³/mol. The van der Waals surface area contributed by atoms with Crippen molar-refractivity contribution in [2.24, 2.45) is 29.4 Å². The number of sulfonamides is 1. The van der Waals surface area contributed by atoms with Crippen molar-refractivity contribution in [2.45, 2.75) is 68.8 Å². The summed E-state index contributed by atoms with van der Waals surface area (Å²) >= 11 is 6.17. The van der Waals surface area contributed by atoms with Crippen molar-refractivity contribution in [3.05, 3.63) is 29.0 Å². The largest absolute Gasteiger partial charge is 0.370 e. The number of carbonyl (C=O) groups excluding carboxylic acids is 1. The third-order valence-corrected chi connectivity index (χ3v) is 9.67. The molecule has 4 aliphatic rings. The summed E-state index contributed by atoms with van der Waals surface area (Å²) in [6, 6.07) is 3.15. The molecule has 0 radical (unpaired) electrons. The summed E-state index contributed by atoms with van der Waals surface area (Å²) in [5.74, 6) is 0.745. The number of hydrogen-bond acceptors (Lipinski definition) is 3. The lowest BCUT2D eigenvalue weighted by atomic mass is 9.54. The summed E-state index contributed by atoms with van der Waals surface area (Å²) in [5, 5.41) is -0.145. The molecule has 29 heavy (non-hydrogen) atoms. The van der Waals surface area contributed by atoms with Crippen molar-refractivity contribution in [3.63, 3.8) is 0 Å². The number of rotatable bonds is 6. The van der Waals surface area contributed by atoms with Gasteiger partial charge in [0.15, 0.2) is 0 Å². The maximum atomic E-state index is 13.9. The van der Waals surface area contributed by atoms with Crippen LogP contribution >= 0.6 is 11.6 Å². The molecule has 160 valence electrons. The van der Waals surface area contributed by atoms with Crippen LogP contribution in [0, 0.1) is 29.5 Å². The van der Waals surface area contributed by atoms with E-state index in [0.29, 0.717) is 11.8 Å². The second kappa shape index (κ2) is 7.20. The Balaban J connectivity index is 1.82. The van der Waals surface area contributed by atoms with Gasteiger partial charge in [0.2, 0.25) is 15.9 Å². The van der Waals surface area contributed by atoms with Crippen LogP contribution in [0.15, 0.2) is 23.1 Å². The van der Waals surface area contributed by atoms with Crippen molar-refractivity contribution < 1.29 is 17.6 Å². The second-order valence-corrected chi connectivity index (χ2v) is 11.9. The summed E-state index contributed by atoms with van der Waals surface area (Å²) in [6.45, 7) is 3.50. The number of hydrogen-bond donors (Lipinski definition) is 1. The molecule has 4 aliphatic carbocycles. The third kappa shape index (κ3) is 3.70. The topological polar surface area (TPSA) is 80.5 Å². The van der Waals surface area contributed by atoms with Gasteiger partial charge < -0.3 is 5.73 Å². The molecule has 5 rings (SSSR count). The lowest BCUT2D eigenvalue weighted by molar-refractivity contribution is -0.121. The maximum Gasteiger partial charge on any atom is 0.245 e. The van der Waals surface area contributed by atoms with E-state index in [-0.39, 0.29) is 34.2 Å². The summed E-state index contributed by atoms with van der Waals surface area (Å²) in [6.07, 6.45) is 5.25. The number of benzene rings is 1. The van der Waals surface area contributed by atoms with Crippen molar-refractivity contribution >= 4 is 27.5 Å². The van der Waals surface area contributed by atoms with Gasteiger partial charge in [0, 0.05) is 18.0 Å². The summed E-state index contributed by atoms with van der Waals surface area (Å²) in [5.41, 5.74) is 4.47. The van der Waals surface area contributed by atoms with E-state index >= 15 is 0 Å². The molecule has 4 fully saturated rings. The van der Waals surface area contributed by atoms with Crippen LogP contribution in [-0.4, -0.2) is 30.2 Å². The standard InChI is InChI=1S/C21H28ClFN2O3S/c1-21(2,11-19(24)26)25(29(27,28)18-4-3-16(23)10-17(18)22)20-14-6-12-5-13(8-14)9-15(20)7-12/h3-4,10,12-15,20H,5-9,11H2,1-2H3,(H2,24,26). The Kier molecular flexibility index (Phi) is 5.23. The van der Waals surface area contributed by atoms with Crippen molar-refractivity contribution in [3.8, 4) is 0 Å². The van der Waals surface area contributed by atoms with Gasteiger partial charge in [0.1, 0.15) is 10.7 Å². The number of nitrogens with two attached hydrogens (primary N) is 1. The Bertz CT molecular complexity index is 906. The highest BCUT2D eigenvalue weighted by Gasteiger charge is 2.55. The van der Waals surface area contributed by atoms with Gasteiger partial charge in [0.25, 0.3) is 0 Å². The average molecular weight is 443 g/mol. The molecular weight excluding hydrogens is 415 g/mol. The molecule has 1 amide bonds. The van der Waals surface area contributed by atoms with Gasteiger partial charge in [-0.3, -0.25) is 4.79 Å². The molecule has 4 saturated carbocycles. The van der Waals surface area contributed by atoms with E-state index < -0.39 is 27.3 Å². The lowest BCUT2D eigenvalue weighted by Gasteiger charge is -2.59. The normalized spacial score (nSPS) is 31.4. The molecule has 1 aromatic carbocycles. The number of nitrogens with zero attached hydrogens (tertiary/aromatic N) is 1. The molecule has 0 unspecified atom stereocenters. The fourth-order valence-corrected chi connectivity index (χ4v) is 9.06. The summed E-state index contributed by atoms with van der Waals surface area (Å²) < 4.78 is 42.9. The lowest BCUT2D eigenvalue weighted by Crippen LogP contribution is -2.63. The van der Waals surface area contributed by atoms with Gasteiger partial charge in [-0.25, -0.2) is 12.8 Å². The van der Waals surface area contributed by atoms with Crippen molar-refractivity contribution in [2.75, 3.05) is 0 Å². The highest BCUT2D eigenvalue weighted by Crippen LogP contribution is 2.57. The van der Waals surface area contributed by atoms with Gasteiger partial charge in [-0.15, -0.1) is 0 Å². The van der Waals surface area contributed by atoms with E-state index in [1.165, 1.54) is 16.8 Å². The zero-order chi connectivity index (χ0) is 21.1. The molecule has 2 N–H and O–H groups in total.